The number of nitrogens with zero attached hydrogens (tertiary/aromatic N) is 1. The zero-order chi connectivity index (χ0) is 46.3. The summed E-state index contributed by atoms with van der Waals surface area (Å²) in [5, 5.41) is 11.6. The molecule has 0 aromatic heterocycles. The highest BCUT2D eigenvalue weighted by atomic mass is 16.6. The Morgan fingerprint density at radius 1 is 0.476 bits per heavy atom. The van der Waals surface area contributed by atoms with Crippen LogP contribution in [-0.2, 0) is 28.6 Å². The number of hydrogen-bond acceptors (Lipinski definition) is 7. The zero-order valence-corrected chi connectivity index (χ0v) is 40.2. The number of likely N-dealkylation sites (N-methyl/N-ethyl adjacent to an activating group) is 1. The highest BCUT2D eigenvalue weighted by molar-refractivity contribution is 5.70. The average molecular weight is 874 g/mol. The third kappa shape index (κ3) is 42.8. The molecular weight excluding hydrogens is 787 g/mol. The van der Waals surface area contributed by atoms with Gasteiger partial charge in [-0.3, -0.25) is 9.59 Å². The van der Waals surface area contributed by atoms with Gasteiger partial charge in [0.15, 0.2) is 6.10 Å². The van der Waals surface area contributed by atoms with Crippen molar-refractivity contribution in [3.8, 4) is 0 Å². The summed E-state index contributed by atoms with van der Waals surface area (Å²) < 4.78 is 17.1. The van der Waals surface area contributed by atoms with Crippen molar-refractivity contribution in [1.82, 2.24) is 0 Å². The van der Waals surface area contributed by atoms with Gasteiger partial charge in [0.1, 0.15) is 12.6 Å². The minimum Gasteiger partial charge on any atom is -0.544 e. The zero-order valence-electron chi connectivity index (χ0n) is 40.2. The van der Waals surface area contributed by atoms with E-state index in [4.69, 9.17) is 14.2 Å². The van der Waals surface area contributed by atoms with Crippen LogP contribution in [0.1, 0.15) is 155 Å². The van der Waals surface area contributed by atoms with E-state index in [0.29, 0.717) is 12.8 Å². The Labute approximate surface area is 384 Å². The molecule has 0 N–H and O–H groups in total. The fourth-order valence-electron chi connectivity index (χ4n) is 6.20. The number of allylic oxidation sites excluding steroid dienone is 20. The standard InChI is InChI=1S/C55H87NO7/c1-6-8-10-12-14-16-18-20-22-24-25-26-27-28-29-30-32-33-35-37-39-41-43-45-53(57)62-50-51(49-61-48-47-52(55(59)60)56(3,4)5)63-54(58)46-44-42-40-38-36-34-31-23-21-19-17-15-13-11-9-7-2/h8-11,14-17,20-23,25-26,28-29,34,36,40,42,51-52H,6-7,12-13,18-19,24,27,30-33,35,37-39,41,43-50H2,1-5H3/b10-8+,11-9+,16-14+,17-15+,22-20+,23-21+,26-25+,29-28+,36-34+,42-40+. The van der Waals surface area contributed by atoms with Crippen LogP contribution < -0.4 is 5.11 Å². The molecule has 2 unspecified atom stereocenters. The number of unbranched alkanes of at least 4 members (excludes halogenated alkanes) is 7. The molecule has 0 aromatic rings. The summed E-state index contributed by atoms with van der Waals surface area (Å²) in [5.41, 5.74) is 0. The van der Waals surface area contributed by atoms with Gasteiger partial charge < -0.3 is 28.6 Å². The minimum absolute atomic E-state index is 0.00131. The second kappa shape index (κ2) is 44.3. The molecular formula is C55H87NO7. The smallest absolute Gasteiger partial charge is 0.306 e. The summed E-state index contributed by atoms with van der Waals surface area (Å²) in [6.07, 6.45) is 62.4. The second-order valence-corrected chi connectivity index (χ2v) is 16.6. The van der Waals surface area contributed by atoms with E-state index in [1.54, 1.807) is 21.1 Å². The van der Waals surface area contributed by atoms with E-state index in [0.717, 1.165) is 96.3 Å². The maximum absolute atomic E-state index is 12.7. The lowest BCUT2D eigenvalue weighted by Gasteiger charge is -2.34. The van der Waals surface area contributed by atoms with Crippen LogP contribution in [0.4, 0.5) is 0 Å². The number of carbonyl (C=O) groups is 3. The molecule has 0 amide bonds. The highest BCUT2D eigenvalue weighted by Crippen LogP contribution is 2.12. The van der Waals surface area contributed by atoms with Gasteiger partial charge >= 0.3 is 11.9 Å². The Morgan fingerprint density at radius 2 is 0.873 bits per heavy atom. The summed E-state index contributed by atoms with van der Waals surface area (Å²) >= 11 is 0. The molecule has 8 nitrogen and oxygen atoms in total. The Bertz CT molecular complexity index is 1440. The van der Waals surface area contributed by atoms with E-state index in [9.17, 15) is 19.5 Å². The monoisotopic (exact) mass is 874 g/mol. The molecule has 0 spiro atoms. The quantitative estimate of drug-likeness (QED) is 0.0261. The van der Waals surface area contributed by atoms with E-state index in [2.05, 4.69) is 123 Å². The van der Waals surface area contributed by atoms with Crippen molar-refractivity contribution in [2.75, 3.05) is 41.0 Å². The number of rotatable bonds is 41. The van der Waals surface area contributed by atoms with E-state index in [1.807, 2.05) is 12.2 Å². The third-order valence-electron chi connectivity index (χ3n) is 9.86. The number of carbonyl (C=O) groups excluding carboxylic acids is 3. The summed E-state index contributed by atoms with van der Waals surface area (Å²) in [5.74, 6) is -1.87. The van der Waals surface area contributed by atoms with Crippen molar-refractivity contribution in [2.45, 2.75) is 167 Å². The van der Waals surface area contributed by atoms with Gasteiger partial charge in [-0.05, 0) is 89.9 Å². The number of aliphatic carboxylic acids is 1. The molecule has 0 rings (SSSR count). The maximum Gasteiger partial charge on any atom is 0.306 e. The first-order valence-corrected chi connectivity index (χ1v) is 24.1. The molecule has 0 saturated carbocycles. The minimum atomic E-state index is -1.14. The van der Waals surface area contributed by atoms with Crippen LogP contribution in [0.2, 0.25) is 0 Å². The molecule has 0 heterocycles. The summed E-state index contributed by atoms with van der Waals surface area (Å²) in [7, 11) is 5.37. The Hall–Kier alpha value is -4.27. The van der Waals surface area contributed by atoms with E-state index >= 15 is 0 Å². The van der Waals surface area contributed by atoms with Crippen molar-refractivity contribution in [3.05, 3.63) is 122 Å². The predicted octanol–water partition coefficient (Wildman–Crippen LogP) is 12.5. The topological polar surface area (TPSA) is 102 Å². The van der Waals surface area contributed by atoms with Crippen LogP contribution in [0.25, 0.3) is 0 Å². The van der Waals surface area contributed by atoms with Crippen LogP contribution in [-0.4, -0.2) is 75.5 Å². The lowest BCUT2D eigenvalue weighted by Crippen LogP contribution is -2.55. The number of quaternary nitrogens is 1. The maximum atomic E-state index is 12.7. The van der Waals surface area contributed by atoms with Crippen LogP contribution in [0.15, 0.2) is 122 Å². The van der Waals surface area contributed by atoms with Crippen LogP contribution in [0, 0.1) is 0 Å². The van der Waals surface area contributed by atoms with E-state index < -0.39 is 24.1 Å². The second-order valence-electron chi connectivity index (χ2n) is 16.6. The molecule has 0 aliphatic rings. The number of carboxylic acid groups (broad SMARTS) is 1. The lowest BCUT2D eigenvalue weighted by molar-refractivity contribution is -0.889. The van der Waals surface area contributed by atoms with Crippen LogP contribution in [0.5, 0.6) is 0 Å². The van der Waals surface area contributed by atoms with Gasteiger partial charge in [0.05, 0.1) is 40.3 Å². The van der Waals surface area contributed by atoms with Gasteiger partial charge in [-0.25, -0.2) is 0 Å². The van der Waals surface area contributed by atoms with Crippen molar-refractivity contribution in [3.63, 3.8) is 0 Å². The molecule has 0 radical (unpaired) electrons. The van der Waals surface area contributed by atoms with Crippen molar-refractivity contribution in [2.24, 2.45) is 0 Å². The summed E-state index contributed by atoms with van der Waals surface area (Å²) in [6, 6.07) is -0.748. The molecule has 0 aromatic carbocycles. The first kappa shape index (κ1) is 58.7. The van der Waals surface area contributed by atoms with Crippen LogP contribution >= 0.6 is 0 Å². The molecule has 0 aliphatic heterocycles. The number of ether oxygens (including phenoxy) is 3. The number of hydrogen-bond donors (Lipinski definition) is 0. The molecule has 8 heteroatoms. The van der Waals surface area contributed by atoms with Gasteiger partial charge in [-0.1, -0.05) is 167 Å². The Balaban J connectivity index is 4.40. The fourth-order valence-corrected chi connectivity index (χ4v) is 6.20. The van der Waals surface area contributed by atoms with Gasteiger partial charge in [0.2, 0.25) is 0 Å². The van der Waals surface area contributed by atoms with Gasteiger partial charge in [0, 0.05) is 19.3 Å². The van der Waals surface area contributed by atoms with Crippen molar-refractivity contribution >= 4 is 17.9 Å². The summed E-state index contributed by atoms with van der Waals surface area (Å²) in [6.45, 7) is 4.32. The largest absolute Gasteiger partial charge is 0.544 e. The van der Waals surface area contributed by atoms with Crippen LogP contribution in [0.3, 0.4) is 0 Å². The molecule has 63 heavy (non-hydrogen) atoms. The predicted molar refractivity (Wildman–Crippen MR) is 263 cm³/mol. The first-order chi connectivity index (χ1) is 30.6. The molecule has 354 valence electrons. The van der Waals surface area contributed by atoms with E-state index in [-0.39, 0.29) is 43.1 Å². The van der Waals surface area contributed by atoms with Gasteiger partial charge in [-0.15, -0.1) is 0 Å². The van der Waals surface area contributed by atoms with Crippen molar-refractivity contribution < 1.29 is 38.2 Å². The van der Waals surface area contributed by atoms with Gasteiger partial charge in [-0.2, -0.15) is 0 Å². The normalized spacial score (nSPS) is 14.0. The molecule has 2 atom stereocenters. The fraction of sp³-hybridized carbons (Fsp3) is 0.582. The van der Waals surface area contributed by atoms with E-state index in [1.165, 1.54) is 19.3 Å². The Kier molecular flexibility index (Phi) is 41.3. The lowest BCUT2D eigenvalue weighted by atomic mass is 10.1. The number of carboxylic acids is 1. The van der Waals surface area contributed by atoms with Crippen molar-refractivity contribution in [1.29, 1.82) is 0 Å². The third-order valence-corrected chi connectivity index (χ3v) is 9.86. The molecule has 0 aliphatic carbocycles. The molecule has 0 saturated heterocycles. The molecule has 0 bridgehead atoms. The number of esters is 2. The Morgan fingerprint density at radius 3 is 1.30 bits per heavy atom. The first-order valence-electron chi connectivity index (χ1n) is 24.1. The molecule has 0 fully saturated rings. The summed E-state index contributed by atoms with van der Waals surface area (Å²) in [4.78, 5) is 36.9. The average Bonchev–Trinajstić information content (AvgIpc) is 3.24. The van der Waals surface area contributed by atoms with Gasteiger partial charge in [0.25, 0.3) is 0 Å². The SMILES string of the molecule is CC/C=C/C/C=C/C/C=C/C/C=C/C/C=C/CCCCCCCCCC(=O)OCC(COCCC(C(=O)[O-])[N+](C)(C)C)OC(=O)CC/C=C/C/C=C/C/C=C/C/C=C/C/C=C/CC. The highest BCUT2D eigenvalue weighted by Gasteiger charge is 2.25.